The fourth-order valence-electron chi connectivity index (χ4n) is 2.29. The zero-order chi connectivity index (χ0) is 13.8. The second kappa shape index (κ2) is 6.17. The van der Waals surface area contributed by atoms with E-state index in [4.69, 9.17) is 10.5 Å². The second-order valence-electron chi connectivity index (χ2n) is 5.38. The van der Waals surface area contributed by atoms with Crippen molar-refractivity contribution in [2.45, 2.75) is 38.5 Å². The maximum absolute atomic E-state index is 12.0. The molecule has 3 N–H and O–H groups in total. The number of benzene rings is 1. The Morgan fingerprint density at radius 2 is 2.05 bits per heavy atom. The van der Waals surface area contributed by atoms with E-state index in [0.717, 1.165) is 12.0 Å². The van der Waals surface area contributed by atoms with E-state index in [2.05, 4.69) is 5.32 Å². The number of ether oxygens (including phenoxy) is 1. The van der Waals surface area contributed by atoms with Gasteiger partial charge in [-0.2, -0.15) is 0 Å². The number of nitrogens with one attached hydrogen (secondary N) is 1. The normalized spacial score (nSPS) is 24.4. The Labute approximate surface area is 114 Å². The summed E-state index contributed by atoms with van der Waals surface area (Å²) in [7, 11) is 0. The number of hydrogen-bond acceptors (Lipinski definition) is 3. The largest absolute Gasteiger partial charge is 0.371 e. The lowest BCUT2D eigenvalue weighted by Gasteiger charge is -2.23. The molecule has 1 aromatic rings. The van der Waals surface area contributed by atoms with Crippen LogP contribution in [0.1, 0.15) is 31.9 Å². The van der Waals surface area contributed by atoms with Gasteiger partial charge in [0.15, 0.2) is 0 Å². The van der Waals surface area contributed by atoms with Gasteiger partial charge in [-0.3, -0.25) is 4.79 Å². The monoisotopic (exact) mass is 262 g/mol. The molecule has 0 bridgehead atoms. The van der Waals surface area contributed by atoms with Crippen LogP contribution < -0.4 is 11.1 Å². The summed E-state index contributed by atoms with van der Waals surface area (Å²) >= 11 is 0. The van der Waals surface area contributed by atoms with Gasteiger partial charge in [-0.15, -0.1) is 0 Å². The third-order valence-electron chi connectivity index (χ3n) is 3.57. The van der Waals surface area contributed by atoms with E-state index in [0.29, 0.717) is 6.61 Å². The van der Waals surface area contributed by atoms with E-state index in [1.807, 2.05) is 44.2 Å². The van der Waals surface area contributed by atoms with Gasteiger partial charge in [0.2, 0.25) is 5.91 Å². The van der Waals surface area contributed by atoms with Gasteiger partial charge < -0.3 is 15.8 Å². The maximum atomic E-state index is 12.0. The molecule has 0 aliphatic carbocycles. The molecule has 1 saturated heterocycles. The van der Waals surface area contributed by atoms with Crippen LogP contribution in [0, 0.1) is 5.92 Å². The highest BCUT2D eigenvalue weighted by molar-refractivity contribution is 5.82. The number of hydrogen-bond donors (Lipinski definition) is 2. The quantitative estimate of drug-likeness (QED) is 0.866. The van der Waals surface area contributed by atoms with E-state index in [-0.39, 0.29) is 24.0 Å². The molecule has 0 aromatic heterocycles. The zero-order valence-electron chi connectivity index (χ0n) is 11.5. The van der Waals surface area contributed by atoms with Gasteiger partial charge in [0.05, 0.1) is 12.1 Å². The van der Waals surface area contributed by atoms with Crippen molar-refractivity contribution in [3.8, 4) is 0 Å². The van der Waals surface area contributed by atoms with Gasteiger partial charge in [-0.1, -0.05) is 44.2 Å². The van der Waals surface area contributed by atoms with Crippen LogP contribution in [0.5, 0.6) is 0 Å². The van der Waals surface area contributed by atoms with Crippen LogP contribution in [0.3, 0.4) is 0 Å². The number of nitrogens with two attached hydrogens (primary N) is 1. The molecule has 1 aliphatic heterocycles. The highest BCUT2D eigenvalue weighted by Gasteiger charge is 2.32. The van der Waals surface area contributed by atoms with Crippen molar-refractivity contribution in [3.05, 3.63) is 35.9 Å². The van der Waals surface area contributed by atoms with Crippen LogP contribution in [0.25, 0.3) is 0 Å². The van der Waals surface area contributed by atoms with Crippen LogP contribution in [-0.4, -0.2) is 24.6 Å². The fraction of sp³-hybridized carbons (Fsp3) is 0.533. The number of rotatable bonds is 4. The van der Waals surface area contributed by atoms with Crippen LogP contribution in [0.15, 0.2) is 30.3 Å². The Hall–Kier alpha value is -1.39. The number of carbonyl (C=O) groups is 1. The minimum atomic E-state index is -0.461. The summed E-state index contributed by atoms with van der Waals surface area (Å²) in [5.74, 6) is 0.0453. The molecule has 4 nitrogen and oxygen atoms in total. The summed E-state index contributed by atoms with van der Waals surface area (Å²) in [6.45, 7) is 4.57. The lowest BCUT2D eigenvalue weighted by atomic mass is 10.00. The predicted octanol–water partition coefficient (Wildman–Crippen LogP) is 1.62. The average molecular weight is 262 g/mol. The molecule has 1 aliphatic rings. The molecule has 1 heterocycles. The molecule has 4 heteroatoms. The van der Waals surface area contributed by atoms with Gasteiger partial charge in [0.1, 0.15) is 6.10 Å². The molecule has 104 valence electrons. The predicted molar refractivity (Wildman–Crippen MR) is 74.5 cm³/mol. The fourth-order valence-corrected chi connectivity index (χ4v) is 2.29. The Kier molecular flexibility index (Phi) is 4.56. The third-order valence-corrected chi connectivity index (χ3v) is 3.57. The minimum absolute atomic E-state index is 0.0136. The van der Waals surface area contributed by atoms with Crippen molar-refractivity contribution in [2.75, 3.05) is 6.61 Å². The average Bonchev–Trinajstić information content (AvgIpc) is 2.86. The number of amides is 1. The Morgan fingerprint density at radius 1 is 1.37 bits per heavy atom. The molecular weight excluding hydrogens is 240 g/mol. The summed E-state index contributed by atoms with van der Waals surface area (Å²) in [5, 5.41) is 3.02. The topological polar surface area (TPSA) is 64.4 Å². The first-order chi connectivity index (χ1) is 9.09. The van der Waals surface area contributed by atoms with Crippen LogP contribution in [0.2, 0.25) is 0 Å². The first-order valence-electron chi connectivity index (χ1n) is 6.82. The van der Waals surface area contributed by atoms with Crippen molar-refractivity contribution in [1.82, 2.24) is 5.32 Å². The molecule has 0 radical (unpaired) electrons. The standard InChI is InChI=1S/C15H22N2O2/c1-10(2)13(16)15(18)17-12-8-9-19-14(12)11-6-4-3-5-7-11/h3-7,10,12-14H,8-9,16H2,1-2H3,(H,17,18)/t12?,13-,14?/m0/s1. The summed E-state index contributed by atoms with van der Waals surface area (Å²) in [6, 6.07) is 9.54. The molecule has 2 unspecified atom stereocenters. The smallest absolute Gasteiger partial charge is 0.237 e. The van der Waals surface area contributed by atoms with E-state index < -0.39 is 6.04 Å². The third kappa shape index (κ3) is 3.33. The molecule has 0 saturated carbocycles. The molecule has 3 atom stereocenters. The first-order valence-corrected chi connectivity index (χ1v) is 6.82. The maximum Gasteiger partial charge on any atom is 0.237 e. The van der Waals surface area contributed by atoms with Crippen molar-refractivity contribution >= 4 is 5.91 Å². The summed E-state index contributed by atoms with van der Waals surface area (Å²) in [4.78, 5) is 12.0. The zero-order valence-corrected chi connectivity index (χ0v) is 11.5. The Balaban J connectivity index is 2.02. The van der Waals surface area contributed by atoms with Crippen molar-refractivity contribution < 1.29 is 9.53 Å². The van der Waals surface area contributed by atoms with Gasteiger partial charge in [-0.05, 0) is 17.9 Å². The molecule has 1 amide bonds. The van der Waals surface area contributed by atoms with Gasteiger partial charge in [0.25, 0.3) is 0 Å². The lowest BCUT2D eigenvalue weighted by molar-refractivity contribution is -0.124. The van der Waals surface area contributed by atoms with Crippen molar-refractivity contribution in [1.29, 1.82) is 0 Å². The molecule has 1 fully saturated rings. The molecular formula is C15H22N2O2. The molecule has 19 heavy (non-hydrogen) atoms. The van der Waals surface area contributed by atoms with E-state index >= 15 is 0 Å². The molecule has 2 rings (SSSR count). The van der Waals surface area contributed by atoms with Crippen LogP contribution in [-0.2, 0) is 9.53 Å². The summed E-state index contributed by atoms with van der Waals surface area (Å²) < 4.78 is 5.74. The first kappa shape index (κ1) is 14.0. The Bertz CT molecular complexity index is 419. The Morgan fingerprint density at radius 3 is 2.68 bits per heavy atom. The van der Waals surface area contributed by atoms with Gasteiger partial charge >= 0.3 is 0 Å². The van der Waals surface area contributed by atoms with Crippen molar-refractivity contribution in [3.63, 3.8) is 0 Å². The summed E-state index contributed by atoms with van der Waals surface area (Å²) in [6.07, 6.45) is 0.764. The van der Waals surface area contributed by atoms with Crippen LogP contribution >= 0.6 is 0 Å². The molecule has 0 spiro atoms. The van der Waals surface area contributed by atoms with Gasteiger partial charge in [-0.25, -0.2) is 0 Å². The van der Waals surface area contributed by atoms with Gasteiger partial charge in [0, 0.05) is 6.61 Å². The highest BCUT2D eigenvalue weighted by atomic mass is 16.5. The minimum Gasteiger partial charge on any atom is -0.371 e. The van der Waals surface area contributed by atoms with Crippen molar-refractivity contribution in [2.24, 2.45) is 11.7 Å². The van der Waals surface area contributed by atoms with E-state index in [9.17, 15) is 4.79 Å². The van der Waals surface area contributed by atoms with E-state index in [1.54, 1.807) is 0 Å². The number of carbonyl (C=O) groups excluding carboxylic acids is 1. The highest BCUT2D eigenvalue weighted by Crippen LogP contribution is 2.29. The van der Waals surface area contributed by atoms with E-state index in [1.165, 1.54) is 0 Å². The SMILES string of the molecule is CC(C)[C@H](N)C(=O)NC1CCOC1c1ccccc1. The second-order valence-corrected chi connectivity index (χ2v) is 5.38. The summed E-state index contributed by atoms with van der Waals surface area (Å²) in [5.41, 5.74) is 6.97. The molecule has 1 aromatic carbocycles. The lowest BCUT2D eigenvalue weighted by Crippen LogP contribution is -2.48. The van der Waals surface area contributed by atoms with Crippen LogP contribution in [0.4, 0.5) is 0 Å².